The SMILES string of the molecule is CCOc1c(N)cccc1C(=O)NCCSC(F)(F)F. The molecule has 1 aromatic rings. The molecule has 0 spiro atoms. The van der Waals surface area contributed by atoms with E-state index in [0.29, 0.717) is 12.3 Å². The molecule has 20 heavy (non-hydrogen) atoms. The van der Waals surface area contributed by atoms with E-state index in [2.05, 4.69) is 5.32 Å². The molecule has 0 aliphatic heterocycles. The van der Waals surface area contributed by atoms with Crippen LogP contribution in [0.4, 0.5) is 18.9 Å². The minimum atomic E-state index is -4.29. The molecule has 0 aliphatic rings. The highest BCUT2D eigenvalue weighted by Crippen LogP contribution is 2.29. The molecule has 4 nitrogen and oxygen atoms in total. The van der Waals surface area contributed by atoms with Crippen LogP contribution >= 0.6 is 11.8 Å². The average molecular weight is 308 g/mol. The second-order valence-electron chi connectivity index (χ2n) is 3.71. The van der Waals surface area contributed by atoms with Crippen molar-refractivity contribution in [3.05, 3.63) is 23.8 Å². The van der Waals surface area contributed by atoms with Crippen molar-refractivity contribution in [3.63, 3.8) is 0 Å². The van der Waals surface area contributed by atoms with Gasteiger partial charge in [0.25, 0.3) is 5.91 Å². The Morgan fingerprint density at radius 2 is 2.15 bits per heavy atom. The fourth-order valence-corrected chi connectivity index (χ4v) is 1.90. The zero-order chi connectivity index (χ0) is 15.2. The Morgan fingerprint density at radius 1 is 1.45 bits per heavy atom. The predicted octanol–water partition coefficient (Wildman–Crippen LogP) is 2.65. The molecule has 8 heteroatoms. The molecule has 112 valence electrons. The summed E-state index contributed by atoms with van der Waals surface area (Å²) >= 11 is -0.182. The summed E-state index contributed by atoms with van der Waals surface area (Å²) in [5, 5.41) is 2.40. The van der Waals surface area contributed by atoms with Gasteiger partial charge in [-0.15, -0.1) is 0 Å². The van der Waals surface area contributed by atoms with Crippen molar-refractivity contribution in [1.29, 1.82) is 0 Å². The Hall–Kier alpha value is -1.57. The third-order valence-electron chi connectivity index (χ3n) is 2.23. The van der Waals surface area contributed by atoms with Crippen LogP contribution in [0.25, 0.3) is 0 Å². The maximum Gasteiger partial charge on any atom is 0.441 e. The molecule has 0 fully saturated rings. The zero-order valence-electron chi connectivity index (χ0n) is 10.8. The lowest BCUT2D eigenvalue weighted by Crippen LogP contribution is -2.27. The highest BCUT2D eigenvalue weighted by molar-refractivity contribution is 8.00. The van der Waals surface area contributed by atoms with Crippen LogP contribution in [0.5, 0.6) is 5.75 Å². The van der Waals surface area contributed by atoms with Gasteiger partial charge in [0.1, 0.15) is 0 Å². The lowest BCUT2D eigenvalue weighted by Gasteiger charge is -2.12. The van der Waals surface area contributed by atoms with Gasteiger partial charge in [-0.3, -0.25) is 4.79 Å². The number of thioether (sulfide) groups is 1. The third kappa shape index (κ3) is 5.20. The zero-order valence-corrected chi connectivity index (χ0v) is 11.6. The Bertz CT molecular complexity index is 467. The van der Waals surface area contributed by atoms with Crippen molar-refractivity contribution >= 4 is 23.4 Å². The van der Waals surface area contributed by atoms with Gasteiger partial charge >= 0.3 is 5.51 Å². The van der Waals surface area contributed by atoms with Crippen LogP contribution in [0.2, 0.25) is 0 Å². The summed E-state index contributed by atoms with van der Waals surface area (Å²) in [6.07, 6.45) is 0. The van der Waals surface area contributed by atoms with Crippen molar-refractivity contribution in [1.82, 2.24) is 5.32 Å². The monoisotopic (exact) mass is 308 g/mol. The van der Waals surface area contributed by atoms with E-state index in [1.165, 1.54) is 6.07 Å². The van der Waals surface area contributed by atoms with Crippen LogP contribution in [-0.4, -0.2) is 30.3 Å². The molecule has 0 saturated heterocycles. The molecule has 0 aromatic heterocycles. The molecular weight excluding hydrogens is 293 g/mol. The number of anilines is 1. The van der Waals surface area contributed by atoms with Gasteiger partial charge < -0.3 is 15.8 Å². The van der Waals surface area contributed by atoms with Gasteiger partial charge in [0.05, 0.1) is 17.9 Å². The normalized spacial score (nSPS) is 11.2. The number of nitrogens with two attached hydrogens (primary N) is 1. The molecule has 0 heterocycles. The Labute approximate surface area is 118 Å². The molecule has 1 amide bonds. The molecule has 0 unspecified atom stereocenters. The number of alkyl halides is 3. The number of hydrogen-bond acceptors (Lipinski definition) is 4. The van der Waals surface area contributed by atoms with Gasteiger partial charge in [0, 0.05) is 12.3 Å². The maximum absolute atomic E-state index is 11.9. The average Bonchev–Trinajstić information content (AvgIpc) is 2.36. The number of carbonyl (C=O) groups excluding carboxylic acids is 1. The molecular formula is C12H15F3N2O2S. The van der Waals surface area contributed by atoms with Crippen LogP contribution in [0.1, 0.15) is 17.3 Å². The standard InChI is InChI=1S/C12H15F3N2O2S/c1-2-19-10-8(4-3-5-9(10)16)11(18)17-6-7-20-12(13,14)15/h3-5H,2,6-7,16H2,1H3,(H,17,18). The number of nitrogens with one attached hydrogen (secondary N) is 1. The summed E-state index contributed by atoms with van der Waals surface area (Å²) in [5.41, 5.74) is 1.93. The van der Waals surface area contributed by atoms with E-state index in [9.17, 15) is 18.0 Å². The van der Waals surface area contributed by atoms with Gasteiger partial charge in [0.2, 0.25) is 0 Å². The predicted molar refractivity (Wildman–Crippen MR) is 72.9 cm³/mol. The molecule has 0 aliphatic carbocycles. The topological polar surface area (TPSA) is 64.3 Å². The number of hydrogen-bond donors (Lipinski definition) is 2. The van der Waals surface area contributed by atoms with Gasteiger partial charge in [-0.1, -0.05) is 6.07 Å². The first-order chi connectivity index (χ1) is 9.35. The number of amides is 1. The van der Waals surface area contributed by atoms with Crippen molar-refractivity contribution in [2.75, 3.05) is 24.6 Å². The number of nitrogen functional groups attached to an aromatic ring is 1. The van der Waals surface area contributed by atoms with E-state index in [4.69, 9.17) is 10.5 Å². The van der Waals surface area contributed by atoms with Gasteiger partial charge in [0.15, 0.2) is 5.75 Å². The number of halogens is 3. The first-order valence-electron chi connectivity index (χ1n) is 5.85. The molecule has 0 radical (unpaired) electrons. The highest BCUT2D eigenvalue weighted by Gasteiger charge is 2.27. The molecule has 0 saturated carbocycles. The Kier molecular flexibility index (Phi) is 6.00. The Morgan fingerprint density at radius 3 is 2.75 bits per heavy atom. The maximum atomic E-state index is 11.9. The first-order valence-corrected chi connectivity index (χ1v) is 6.84. The summed E-state index contributed by atoms with van der Waals surface area (Å²) in [7, 11) is 0. The van der Waals surface area contributed by atoms with Gasteiger partial charge in [-0.2, -0.15) is 13.2 Å². The molecule has 3 N–H and O–H groups in total. The van der Waals surface area contributed by atoms with Crippen LogP contribution in [0.15, 0.2) is 18.2 Å². The minimum Gasteiger partial charge on any atom is -0.491 e. The lowest BCUT2D eigenvalue weighted by atomic mass is 10.1. The van der Waals surface area contributed by atoms with E-state index in [-0.39, 0.29) is 35.4 Å². The molecule has 1 rings (SSSR count). The first kappa shape index (κ1) is 16.5. The second kappa shape index (κ2) is 7.28. The molecule has 1 aromatic carbocycles. The third-order valence-corrected chi connectivity index (χ3v) is 2.97. The van der Waals surface area contributed by atoms with Crippen molar-refractivity contribution in [2.45, 2.75) is 12.4 Å². The summed E-state index contributed by atoms with van der Waals surface area (Å²) in [6.45, 7) is 1.98. The van der Waals surface area contributed by atoms with Crippen molar-refractivity contribution < 1.29 is 22.7 Å². The van der Waals surface area contributed by atoms with Crippen molar-refractivity contribution in [2.24, 2.45) is 0 Å². The van der Waals surface area contributed by atoms with E-state index < -0.39 is 11.4 Å². The van der Waals surface area contributed by atoms with E-state index in [0.717, 1.165) is 0 Å². The quantitative estimate of drug-likeness (QED) is 0.626. The number of ether oxygens (including phenoxy) is 1. The largest absolute Gasteiger partial charge is 0.491 e. The van der Waals surface area contributed by atoms with Gasteiger partial charge in [-0.25, -0.2) is 0 Å². The van der Waals surface area contributed by atoms with Crippen LogP contribution in [0, 0.1) is 0 Å². The van der Waals surface area contributed by atoms with Crippen LogP contribution in [0.3, 0.4) is 0 Å². The molecule has 0 bridgehead atoms. The summed E-state index contributed by atoms with van der Waals surface area (Å²) in [4.78, 5) is 11.9. The summed E-state index contributed by atoms with van der Waals surface area (Å²) in [5.74, 6) is -0.513. The second-order valence-corrected chi connectivity index (χ2v) is 4.87. The summed E-state index contributed by atoms with van der Waals surface area (Å²) < 4.78 is 41.1. The van der Waals surface area contributed by atoms with Gasteiger partial charge in [-0.05, 0) is 30.8 Å². The minimum absolute atomic E-state index is 0.0939. The van der Waals surface area contributed by atoms with E-state index in [1.807, 2.05) is 0 Å². The van der Waals surface area contributed by atoms with E-state index >= 15 is 0 Å². The lowest BCUT2D eigenvalue weighted by molar-refractivity contribution is -0.0327. The number of rotatable bonds is 6. The Balaban J connectivity index is 2.61. The van der Waals surface area contributed by atoms with Crippen molar-refractivity contribution in [3.8, 4) is 5.75 Å². The van der Waals surface area contributed by atoms with E-state index in [1.54, 1.807) is 19.1 Å². The summed E-state index contributed by atoms with van der Waals surface area (Å²) in [6, 6.07) is 4.67. The number of benzene rings is 1. The number of carbonyl (C=O) groups is 1. The fraction of sp³-hybridized carbons (Fsp3) is 0.417. The smallest absolute Gasteiger partial charge is 0.441 e. The fourth-order valence-electron chi connectivity index (χ4n) is 1.47. The number of para-hydroxylation sites is 1. The molecule has 0 atom stereocenters. The van der Waals surface area contributed by atoms with Crippen LogP contribution < -0.4 is 15.8 Å². The van der Waals surface area contributed by atoms with Crippen LogP contribution in [-0.2, 0) is 0 Å². The highest BCUT2D eigenvalue weighted by atomic mass is 32.2.